The Morgan fingerprint density at radius 2 is 2.03 bits per heavy atom. The number of thioether (sulfide) groups is 1. The van der Waals surface area contributed by atoms with Gasteiger partial charge in [0.25, 0.3) is 0 Å². The van der Waals surface area contributed by atoms with E-state index >= 15 is 0 Å². The Labute approximate surface area is 179 Å². The van der Waals surface area contributed by atoms with Gasteiger partial charge in [-0.25, -0.2) is 9.97 Å². The fraction of sp³-hybridized carbons (Fsp3) is 0.400. The van der Waals surface area contributed by atoms with Crippen LogP contribution in [0.25, 0.3) is 11.0 Å². The highest BCUT2D eigenvalue weighted by Crippen LogP contribution is 2.32. The molecule has 156 valence electrons. The SMILES string of the molecule is CSC[C@H](O)[C@H](CO)N(C)c1cn(COCc2ccccc2)c2c(Cl)ncnc12. The second-order valence-corrected chi connectivity index (χ2v) is 7.96. The van der Waals surface area contributed by atoms with Gasteiger partial charge >= 0.3 is 0 Å². The van der Waals surface area contributed by atoms with Crippen LogP contribution in [0.15, 0.2) is 42.9 Å². The highest BCUT2D eigenvalue weighted by molar-refractivity contribution is 7.98. The standard InChI is InChI=1S/C20H25ClN4O3S/c1-24(16(9-26)17(27)11-29-2)15-8-25(19-18(15)22-12-23-20(19)21)13-28-10-14-6-4-3-5-7-14/h3-8,12,16-17,26-27H,9-11,13H2,1-2H3/t16-,17-/m0/s1. The molecule has 2 atom stereocenters. The molecule has 0 unspecified atom stereocenters. The number of ether oxygens (including phenoxy) is 1. The van der Waals surface area contributed by atoms with Crippen LogP contribution in [0.2, 0.25) is 5.15 Å². The number of aromatic nitrogens is 3. The molecular weight excluding hydrogens is 412 g/mol. The molecule has 3 aromatic rings. The fourth-order valence-electron chi connectivity index (χ4n) is 3.23. The largest absolute Gasteiger partial charge is 0.394 e. The smallest absolute Gasteiger partial charge is 0.156 e. The van der Waals surface area contributed by atoms with E-state index in [9.17, 15) is 10.2 Å². The molecule has 0 bridgehead atoms. The van der Waals surface area contributed by atoms with E-state index in [-0.39, 0.29) is 13.3 Å². The number of fused-ring (bicyclic) bond motifs is 1. The molecule has 0 fully saturated rings. The van der Waals surface area contributed by atoms with Crippen LogP contribution in [0, 0.1) is 0 Å². The van der Waals surface area contributed by atoms with Gasteiger partial charge in [-0.1, -0.05) is 41.9 Å². The first kappa shape index (κ1) is 21.9. The molecule has 7 nitrogen and oxygen atoms in total. The zero-order valence-electron chi connectivity index (χ0n) is 16.4. The van der Waals surface area contributed by atoms with Crippen LogP contribution >= 0.6 is 23.4 Å². The third kappa shape index (κ3) is 5.02. The fourth-order valence-corrected chi connectivity index (χ4v) is 4.04. The summed E-state index contributed by atoms with van der Waals surface area (Å²) in [6, 6.07) is 9.43. The molecule has 2 heterocycles. The van der Waals surface area contributed by atoms with Crippen molar-refractivity contribution in [2.24, 2.45) is 0 Å². The predicted molar refractivity (Wildman–Crippen MR) is 117 cm³/mol. The number of hydrogen-bond acceptors (Lipinski definition) is 7. The molecule has 3 rings (SSSR count). The molecule has 2 aromatic heterocycles. The maximum atomic E-state index is 10.4. The summed E-state index contributed by atoms with van der Waals surface area (Å²) in [4.78, 5) is 10.3. The predicted octanol–water partition coefficient (Wildman–Crippen LogP) is 2.78. The quantitative estimate of drug-likeness (QED) is 0.473. The van der Waals surface area contributed by atoms with Gasteiger partial charge in [0, 0.05) is 19.0 Å². The van der Waals surface area contributed by atoms with E-state index in [1.807, 2.05) is 59.3 Å². The second kappa shape index (κ2) is 10.3. The van der Waals surface area contributed by atoms with Gasteiger partial charge < -0.3 is 24.4 Å². The zero-order valence-corrected chi connectivity index (χ0v) is 18.0. The average molecular weight is 437 g/mol. The molecule has 0 aliphatic carbocycles. The van der Waals surface area contributed by atoms with Gasteiger partial charge in [-0.05, 0) is 11.8 Å². The number of benzene rings is 1. The van der Waals surface area contributed by atoms with Crippen LogP contribution in [0.3, 0.4) is 0 Å². The normalized spacial score (nSPS) is 13.6. The van der Waals surface area contributed by atoms with Gasteiger partial charge in [0.05, 0.1) is 31.0 Å². The number of halogens is 1. The topological polar surface area (TPSA) is 83.6 Å². The van der Waals surface area contributed by atoms with Crippen molar-refractivity contribution < 1.29 is 14.9 Å². The minimum Gasteiger partial charge on any atom is -0.394 e. The van der Waals surface area contributed by atoms with Gasteiger partial charge in [0.15, 0.2) is 5.15 Å². The van der Waals surface area contributed by atoms with Crippen molar-refractivity contribution in [3.63, 3.8) is 0 Å². The first-order valence-corrected chi connectivity index (χ1v) is 11.0. The number of rotatable bonds is 10. The molecule has 9 heteroatoms. The lowest BCUT2D eigenvalue weighted by Gasteiger charge is -2.31. The number of aliphatic hydroxyl groups excluding tert-OH is 2. The van der Waals surface area contributed by atoms with Crippen LogP contribution in [0.5, 0.6) is 0 Å². The van der Waals surface area contributed by atoms with E-state index < -0.39 is 12.1 Å². The first-order chi connectivity index (χ1) is 14.1. The molecule has 1 aromatic carbocycles. The third-order valence-corrected chi connectivity index (χ3v) is 5.73. The highest BCUT2D eigenvalue weighted by atomic mass is 35.5. The van der Waals surface area contributed by atoms with Crippen molar-refractivity contribution in [3.05, 3.63) is 53.6 Å². The van der Waals surface area contributed by atoms with Crippen molar-refractivity contribution >= 4 is 40.1 Å². The van der Waals surface area contributed by atoms with Gasteiger partial charge in [-0.2, -0.15) is 11.8 Å². The van der Waals surface area contributed by atoms with Gasteiger partial charge in [-0.15, -0.1) is 0 Å². The van der Waals surface area contributed by atoms with E-state index in [1.165, 1.54) is 18.1 Å². The minimum absolute atomic E-state index is 0.186. The first-order valence-electron chi connectivity index (χ1n) is 9.18. The second-order valence-electron chi connectivity index (χ2n) is 6.69. The summed E-state index contributed by atoms with van der Waals surface area (Å²) in [5, 5.41) is 20.6. The van der Waals surface area contributed by atoms with Gasteiger partial charge in [0.2, 0.25) is 0 Å². The van der Waals surface area contributed by atoms with E-state index in [0.717, 1.165) is 11.3 Å². The molecule has 0 saturated heterocycles. The van der Waals surface area contributed by atoms with Crippen LogP contribution in [-0.4, -0.2) is 62.6 Å². The maximum absolute atomic E-state index is 10.4. The summed E-state index contributed by atoms with van der Waals surface area (Å²) in [5.41, 5.74) is 3.11. The van der Waals surface area contributed by atoms with E-state index in [4.69, 9.17) is 16.3 Å². The summed E-state index contributed by atoms with van der Waals surface area (Å²) in [5.74, 6) is 0.518. The molecule has 0 saturated carbocycles. The lowest BCUT2D eigenvalue weighted by molar-refractivity contribution is 0.0667. The van der Waals surface area contributed by atoms with Crippen molar-refractivity contribution in [2.75, 3.05) is 30.6 Å². The summed E-state index contributed by atoms with van der Waals surface area (Å²) in [6.07, 6.45) is 4.50. The summed E-state index contributed by atoms with van der Waals surface area (Å²) in [6.45, 7) is 0.542. The molecule has 0 amide bonds. The molecule has 2 N–H and O–H groups in total. The van der Waals surface area contributed by atoms with Crippen LogP contribution in [-0.2, 0) is 18.1 Å². The Bertz CT molecular complexity index is 925. The van der Waals surface area contributed by atoms with Crippen molar-refractivity contribution in [1.82, 2.24) is 14.5 Å². The molecule has 29 heavy (non-hydrogen) atoms. The minimum atomic E-state index is -0.690. The molecule has 0 aliphatic heterocycles. The van der Waals surface area contributed by atoms with Crippen LogP contribution < -0.4 is 4.90 Å². The monoisotopic (exact) mass is 436 g/mol. The van der Waals surface area contributed by atoms with Gasteiger partial charge in [0.1, 0.15) is 24.1 Å². The van der Waals surface area contributed by atoms with Crippen molar-refractivity contribution in [1.29, 1.82) is 0 Å². The Balaban J connectivity index is 1.87. The maximum Gasteiger partial charge on any atom is 0.156 e. The lowest BCUT2D eigenvalue weighted by atomic mass is 10.1. The molecular formula is C20H25ClN4O3S. The van der Waals surface area contributed by atoms with E-state index in [1.54, 1.807) is 0 Å². The van der Waals surface area contributed by atoms with Crippen LogP contribution in [0.4, 0.5) is 5.69 Å². The number of anilines is 1. The third-order valence-electron chi connectivity index (χ3n) is 4.77. The number of hydrogen-bond donors (Lipinski definition) is 2. The van der Waals surface area contributed by atoms with Gasteiger partial charge in [-0.3, -0.25) is 0 Å². The molecule has 0 radical (unpaired) electrons. The van der Waals surface area contributed by atoms with E-state index in [2.05, 4.69) is 9.97 Å². The Morgan fingerprint density at radius 3 is 2.72 bits per heavy atom. The van der Waals surface area contributed by atoms with Crippen molar-refractivity contribution in [3.8, 4) is 0 Å². The van der Waals surface area contributed by atoms with Crippen LogP contribution in [0.1, 0.15) is 5.56 Å². The Hall–Kier alpha value is -1.84. The highest BCUT2D eigenvalue weighted by Gasteiger charge is 2.26. The zero-order chi connectivity index (χ0) is 20.8. The number of likely N-dealkylation sites (N-methyl/N-ethyl adjacent to an activating group) is 1. The molecule has 0 spiro atoms. The summed E-state index contributed by atoms with van der Waals surface area (Å²) < 4.78 is 7.71. The number of nitrogens with zero attached hydrogens (tertiary/aromatic N) is 4. The van der Waals surface area contributed by atoms with Crippen molar-refractivity contribution in [2.45, 2.75) is 25.5 Å². The summed E-state index contributed by atoms with van der Waals surface area (Å²) in [7, 11) is 1.82. The Morgan fingerprint density at radius 1 is 1.28 bits per heavy atom. The number of aliphatic hydroxyl groups is 2. The average Bonchev–Trinajstić information content (AvgIpc) is 3.09. The summed E-state index contributed by atoms with van der Waals surface area (Å²) >= 11 is 7.88. The Kier molecular flexibility index (Phi) is 7.74. The van der Waals surface area contributed by atoms with E-state index in [0.29, 0.717) is 28.5 Å². The molecule has 0 aliphatic rings. The lowest BCUT2D eigenvalue weighted by Crippen LogP contribution is -2.45.